The molecule has 1 aromatic carbocycles. The molecule has 0 aliphatic heterocycles. The number of ether oxygens (including phenoxy) is 1. The number of rotatable bonds is 4. The van der Waals surface area contributed by atoms with Crippen molar-refractivity contribution in [1.29, 1.82) is 5.26 Å². The normalized spacial score (nSPS) is 10.5. The predicted octanol–water partition coefficient (Wildman–Crippen LogP) is 2.44. The summed E-state index contributed by atoms with van der Waals surface area (Å²) in [6, 6.07) is 8.79. The van der Waals surface area contributed by atoms with Crippen LogP contribution in [0, 0.1) is 11.3 Å². The molecule has 6 heteroatoms. The van der Waals surface area contributed by atoms with Crippen LogP contribution in [0.3, 0.4) is 0 Å². The number of hydrogen-bond donors (Lipinski definition) is 1. The zero-order chi connectivity index (χ0) is 16.8. The molecule has 0 radical (unpaired) electrons. The molecule has 0 saturated carbocycles. The first-order valence-corrected chi connectivity index (χ1v) is 6.98. The van der Waals surface area contributed by atoms with E-state index in [9.17, 15) is 9.59 Å². The van der Waals surface area contributed by atoms with Gasteiger partial charge in [0.2, 0.25) is 5.91 Å². The highest BCUT2D eigenvalue weighted by molar-refractivity contribution is 5.91. The van der Waals surface area contributed by atoms with Gasteiger partial charge >= 0.3 is 6.09 Å². The fourth-order valence-corrected chi connectivity index (χ4v) is 1.80. The van der Waals surface area contributed by atoms with E-state index >= 15 is 0 Å². The van der Waals surface area contributed by atoms with E-state index < -0.39 is 11.7 Å². The lowest BCUT2D eigenvalue weighted by molar-refractivity contribution is -0.116. The third-order valence-corrected chi connectivity index (χ3v) is 2.67. The van der Waals surface area contributed by atoms with Crippen LogP contribution in [0.2, 0.25) is 0 Å². The largest absolute Gasteiger partial charge is 0.444 e. The van der Waals surface area contributed by atoms with Gasteiger partial charge in [0.05, 0.1) is 11.6 Å². The molecule has 22 heavy (non-hydrogen) atoms. The number of nitrogens with one attached hydrogen (secondary N) is 1. The zero-order valence-electron chi connectivity index (χ0n) is 13.3. The summed E-state index contributed by atoms with van der Waals surface area (Å²) in [7, 11) is 0. The lowest BCUT2D eigenvalue weighted by Gasteiger charge is -2.23. The van der Waals surface area contributed by atoms with Crippen LogP contribution < -0.4 is 10.2 Å². The Hall–Kier alpha value is -2.55. The molecule has 1 N–H and O–H groups in total. The molecule has 0 aliphatic carbocycles. The van der Waals surface area contributed by atoms with Gasteiger partial charge in [-0.1, -0.05) is 6.07 Å². The summed E-state index contributed by atoms with van der Waals surface area (Å²) in [5.41, 5.74) is 0.534. The lowest BCUT2D eigenvalue weighted by atomic mass is 10.2. The fraction of sp³-hybridized carbons (Fsp3) is 0.438. The van der Waals surface area contributed by atoms with E-state index in [2.05, 4.69) is 5.32 Å². The molecule has 1 aromatic rings. The van der Waals surface area contributed by atoms with Crippen LogP contribution in [0.4, 0.5) is 10.5 Å². The van der Waals surface area contributed by atoms with Crippen molar-refractivity contribution in [1.82, 2.24) is 5.32 Å². The van der Waals surface area contributed by atoms with Crippen molar-refractivity contribution in [3.63, 3.8) is 0 Å². The van der Waals surface area contributed by atoms with Crippen LogP contribution in [0.15, 0.2) is 24.3 Å². The van der Waals surface area contributed by atoms with Gasteiger partial charge in [-0.25, -0.2) is 4.79 Å². The van der Waals surface area contributed by atoms with Gasteiger partial charge in [-0.05, 0) is 39.0 Å². The topological polar surface area (TPSA) is 82.4 Å². The van der Waals surface area contributed by atoms with Gasteiger partial charge in [0.1, 0.15) is 5.60 Å². The average molecular weight is 303 g/mol. The second kappa shape index (κ2) is 7.46. The predicted molar refractivity (Wildman–Crippen MR) is 83.4 cm³/mol. The monoisotopic (exact) mass is 303 g/mol. The maximum absolute atomic E-state index is 11.7. The molecule has 0 bridgehead atoms. The number of hydrogen-bond acceptors (Lipinski definition) is 4. The van der Waals surface area contributed by atoms with E-state index in [0.717, 1.165) is 0 Å². The highest BCUT2D eigenvalue weighted by Crippen LogP contribution is 2.15. The zero-order valence-corrected chi connectivity index (χ0v) is 13.3. The molecule has 0 fully saturated rings. The Morgan fingerprint density at radius 1 is 1.36 bits per heavy atom. The van der Waals surface area contributed by atoms with Gasteiger partial charge < -0.3 is 15.0 Å². The highest BCUT2D eigenvalue weighted by atomic mass is 16.6. The maximum atomic E-state index is 11.7. The van der Waals surface area contributed by atoms with E-state index in [1.54, 1.807) is 45.0 Å². The summed E-state index contributed by atoms with van der Waals surface area (Å²) in [5, 5.41) is 11.5. The standard InChI is InChI=1S/C16H21N3O3/c1-12(20)19(14-7-5-6-13(10-14)11-17)9-8-18-15(21)22-16(2,3)4/h5-7,10H,8-9H2,1-4H3,(H,18,21). The van der Waals surface area contributed by atoms with Gasteiger partial charge in [-0.2, -0.15) is 5.26 Å². The molecule has 0 unspecified atom stereocenters. The van der Waals surface area contributed by atoms with Crippen LogP contribution >= 0.6 is 0 Å². The Morgan fingerprint density at radius 2 is 2.05 bits per heavy atom. The summed E-state index contributed by atoms with van der Waals surface area (Å²) in [5.74, 6) is -0.166. The summed E-state index contributed by atoms with van der Waals surface area (Å²) in [4.78, 5) is 24.8. The number of carbonyl (C=O) groups is 2. The first-order chi connectivity index (χ1) is 10.2. The number of anilines is 1. The number of nitrogens with zero attached hydrogens (tertiary/aromatic N) is 2. The van der Waals surface area contributed by atoms with Crippen molar-refractivity contribution < 1.29 is 14.3 Å². The smallest absolute Gasteiger partial charge is 0.407 e. The van der Waals surface area contributed by atoms with Crippen molar-refractivity contribution in [3.8, 4) is 6.07 Å². The first kappa shape index (κ1) is 17.5. The summed E-state index contributed by atoms with van der Waals surface area (Å²) < 4.78 is 5.13. The van der Waals surface area contributed by atoms with Crippen molar-refractivity contribution in [2.75, 3.05) is 18.0 Å². The summed E-state index contributed by atoms with van der Waals surface area (Å²) in [6.07, 6.45) is -0.526. The quantitative estimate of drug-likeness (QED) is 0.926. The van der Waals surface area contributed by atoms with Crippen molar-refractivity contribution in [3.05, 3.63) is 29.8 Å². The fourth-order valence-electron chi connectivity index (χ4n) is 1.80. The van der Waals surface area contributed by atoms with Crippen LogP contribution in [0.25, 0.3) is 0 Å². The van der Waals surface area contributed by atoms with E-state index in [-0.39, 0.29) is 12.5 Å². The van der Waals surface area contributed by atoms with Crippen molar-refractivity contribution in [2.24, 2.45) is 0 Å². The van der Waals surface area contributed by atoms with Gasteiger partial charge in [-0.3, -0.25) is 4.79 Å². The van der Waals surface area contributed by atoms with E-state index in [1.165, 1.54) is 11.8 Å². The van der Waals surface area contributed by atoms with E-state index in [0.29, 0.717) is 17.8 Å². The molecule has 0 atom stereocenters. The Bertz CT molecular complexity index is 585. The van der Waals surface area contributed by atoms with E-state index in [1.807, 2.05) is 6.07 Å². The molecule has 0 aliphatic rings. The third kappa shape index (κ3) is 5.83. The molecule has 6 nitrogen and oxygen atoms in total. The van der Waals surface area contributed by atoms with Crippen LogP contribution in [0.5, 0.6) is 0 Å². The van der Waals surface area contributed by atoms with Gasteiger partial charge in [-0.15, -0.1) is 0 Å². The molecule has 0 saturated heterocycles. The number of benzene rings is 1. The Kier molecular flexibility index (Phi) is 5.93. The molecule has 2 amide bonds. The van der Waals surface area contributed by atoms with Gasteiger partial charge in [0.25, 0.3) is 0 Å². The Morgan fingerprint density at radius 3 is 2.59 bits per heavy atom. The number of amides is 2. The van der Waals surface area contributed by atoms with E-state index in [4.69, 9.17) is 10.00 Å². The highest BCUT2D eigenvalue weighted by Gasteiger charge is 2.17. The van der Waals surface area contributed by atoms with Crippen LogP contribution in [0.1, 0.15) is 33.3 Å². The number of carbonyl (C=O) groups excluding carboxylic acids is 2. The number of nitriles is 1. The third-order valence-electron chi connectivity index (χ3n) is 2.67. The van der Waals surface area contributed by atoms with Crippen LogP contribution in [-0.2, 0) is 9.53 Å². The number of alkyl carbamates (subject to hydrolysis) is 1. The molecule has 0 spiro atoms. The molecule has 118 valence electrons. The molecular weight excluding hydrogens is 282 g/mol. The average Bonchev–Trinajstić information content (AvgIpc) is 2.41. The molecule has 0 aromatic heterocycles. The maximum Gasteiger partial charge on any atom is 0.407 e. The van der Waals surface area contributed by atoms with Gasteiger partial charge in [0, 0.05) is 25.7 Å². The van der Waals surface area contributed by atoms with Crippen molar-refractivity contribution >= 4 is 17.7 Å². The Balaban J connectivity index is 2.65. The van der Waals surface area contributed by atoms with Crippen LogP contribution in [-0.4, -0.2) is 30.7 Å². The SMILES string of the molecule is CC(=O)N(CCNC(=O)OC(C)(C)C)c1cccc(C#N)c1. The second-order valence-corrected chi connectivity index (χ2v) is 5.76. The molecular formula is C16H21N3O3. The minimum absolute atomic E-state index is 0.166. The minimum atomic E-state index is -0.564. The Labute approximate surface area is 130 Å². The van der Waals surface area contributed by atoms with Gasteiger partial charge in [0.15, 0.2) is 0 Å². The minimum Gasteiger partial charge on any atom is -0.444 e. The molecule has 0 heterocycles. The van der Waals surface area contributed by atoms with Crippen molar-refractivity contribution in [2.45, 2.75) is 33.3 Å². The first-order valence-electron chi connectivity index (χ1n) is 6.98. The summed E-state index contributed by atoms with van der Waals surface area (Å²) >= 11 is 0. The lowest BCUT2D eigenvalue weighted by Crippen LogP contribution is -2.39. The molecule has 1 rings (SSSR count). The second-order valence-electron chi connectivity index (χ2n) is 5.76. The summed E-state index contributed by atoms with van der Waals surface area (Å²) in [6.45, 7) is 7.33.